The first-order chi connectivity index (χ1) is 14.2. The number of rotatable bonds is 6. The Labute approximate surface area is 200 Å². The number of nitrogens with one attached hydrogen (secondary N) is 2. The lowest BCUT2D eigenvalue weighted by atomic mass is 9.84. The monoisotopic (exact) mass is 570 g/mol. The van der Waals surface area contributed by atoms with Crippen molar-refractivity contribution in [3.63, 3.8) is 0 Å². The summed E-state index contributed by atoms with van der Waals surface area (Å²) in [6.45, 7) is 8.43. The molecule has 0 atom stereocenters. The number of hydrogen-bond donors (Lipinski definition) is 2. The van der Waals surface area contributed by atoms with Crippen LogP contribution >= 0.6 is 35.3 Å². The molecule has 0 saturated carbocycles. The topological polar surface area (TPSA) is 67.8 Å². The Balaban J connectivity index is 0.00000341. The van der Waals surface area contributed by atoms with E-state index in [2.05, 4.69) is 34.5 Å². The van der Waals surface area contributed by atoms with Crippen LogP contribution in [-0.2, 0) is 18.1 Å². The van der Waals surface area contributed by atoms with Gasteiger partial charge in [0.05, 0.1) is 6.54 Å². The van der Waals surface area contributed by atoms with Crippen LogP contribution in [0.2, 0.25) is 0 Å². The first-order valence-corrected chi connectivity index (χ1v) is 10.5. The maximum atomic E-state index is 12.7. The standard InChI is InChI=1S/C20H25F3N4O2S.HI/c1-4-24-18(25-10-17-27-16(11-30-17)20(21,22)23)26-12-19(2,3)13-5-6-14-15(9-13)29-8-7-28-14;/h5-6,9,11H,4,7-8,10,12H2,1-3H3,(H2,24,25,26);1H. The van der Waals surface area contributed by atoms with Crippen LogP contribution in [-0.4, -0.2) is 37.2 Å². The number of thiazole rings is 1. The van der Waals surface area contributed by atoms with E-state index in [9.17, 15) is 13.2 Å². The van der Waals surface area contributed by atoms with Crippen molar-refractivity contribution in [1.29, 1.82) is 0 Å². The Hall–Kier alpha value is -1.76. The average Bonchev–Trinajstić information content (AvgIpc) is 3.19. The van der Waals surface area contributed by atoms with E-state index in [4.69, 9.17) is 9.47 Å². The summed E-state index contributed by atoms with van der Waals surface area (Å²) in [6.07, 6.45) is -4.44. The van der Waals surface area contributed by atoms with Crippen LogP contribution in [0.25, 0.3) is 0 Å². The molecule has 0 radical (unpaired) electrons. The van der Waals surface area contributed by atoms with E-state index in [0.717, 1.165) is 33.8 Å². The fraction of sp³-hybridized carbons (Fsp3) is 0.500. The van der Waals surface area contributed by atoms with Crippen LogP contribution in [0.4, 0.5) is 13.2 Å². The first kappa shape index (κ1) is 25.5. The third-order valence-electron chi connectivity index (χ3n) is 4.58. The number of fused-ring (bicyclic) bond motifs is 1. The van der Waals surface area contributed by atoms with Crippen molar-refractivity contribution in [2.24, 2.45) is 4.99 Å². The minimum absolute atomic E-state index is 0. The Morgan fingerprint density at radius 3 is 2.52 bits per heavy atom. The van der Waals surface area contributed by atoms with Crippen molar-refractivity contribution in [2.45, 2.75) is 38.9 Å². The quantitative estimate of drug-likeness (QED) is 0.303. The van der Waals surface area contributed by atoms with Gasteiger partial charge in [-0.1, -0.05) is 19.9 Å². The van der Waals surface area contributed by atoms with Crippen molar-refractivity contribution in [1.82, 2.24) is 15.6 Å². The molecule has 0 bridgehead atoms. The predicted octanol–water partition coefficient (Wildman–Crippen LogP) is 4.58. The SMILES string of the molecule is CCNC(=NCc1nc(C(F)(F)F)cs1)NCC(C)(C)c1ccc2c(c1)OCCO2.I. The highest BCUT2D eigenvalue weighted by molar-refractivity contribution is 14.0. The highest BCUT2D eigenvalue weighted by Gasteiger charge is 2.33. The van der Waals surface area contributed by atoms with Crippen LogP contribution in [0.1, 0.15) is 37.0 Å². The number of aliphatic imine (C=N–C) groups is 1. The maximum absolute atomic E-state index is 12.7. The van der Waals surface area contributed by atoms with E-state index in [1.165, 1.54) is 0 Å². The Kier molecular flexibility index (Phi) is 8.81. The molecule has 0 unspecified atom stereocenters. The number of halogens is 4. The minimum atomic E-state index is -4.44. The smallest absolute Gasteiger partial charge is 0.434 e. The lowest BCUT2D eigenvalue weighted by molar-refractivity contribution is -0.140. The molecule has 11 heteroatoms. The normalized spacial score (nSPS) is 14.1. The molecule has 0 amide bonds. The van der Waals surface area contributed by atoms with Crippen LogP contribution in [0, 0.1) is 0 Å². The molecule has 2 heterocycles. The Bertz CT molecular complexity index is 903. The molecule has 3 rings (SSSR count). The van der Waals surface area contributed by atoms with Gasteiger partial charge < -0.3 is 20.1 Å². The van der Waals surface area contributed by atoms with E-state index in [0.29, 0.717) is 37.3 Å². The summed E-state index contributed by atoms with van der Waals surface area (Å²) in [5, 5.41) is 7.70. The Morgan fingerprint density at radius 1 is 1.16 bits per heavy atom. The van der Waals surface area contributed by atoms with Crippen molar-refractivity contribution >= 4 is 41.3 Å². The van der Waals surface area contributed by atoms with Crippen molar-refractivity contribution in [2.75, 3.05) is 26.3 Å². The Morgan fingerprint density at radius 2 is 1.87 bits per heavy atom. The summed E-state index contributed by atoms with van der Waals surface area (Å²) in [7, 11) is 0. The number of hydrogen-bond acceptors (Lipinski definition) is 5. The maximum Gasteiger partial charge on any atom is 0.434 e. The van der Waals surface area contributed by atoms with E-state index < -0.39 is 11.9 Å². The molecule has 0 saturated heterocycles. The fourth-order valence-electron chi connectivity index (χ4n) is 2.87. The van der Waals surface area contributed by atoms with Gasteiger partial charge in [-0.25, -0.2) is 9.98 Å². The molecule has 1 aromatic heterocycles. The lowest BCUT2D eigenvalue weighted by Gasteiger charge is -2.28. The third kappa shape index (κ3) is 6.86. The molecule has 172 valence electrons. The molecule has 0 spiro atoms. The zero-order valence-electron chi connectivity index (χ0n) is 17.5. The van der Waals surface area contributed by atoms with Crippen LogP contribution in [0.15, 0.2) is 28.6 Å². The average molecular weight is 570 g/mol. The van der Waals surface area contributed by atoms with Gasteiger partial charge in [0, 0.05) is 23.9 Å². The second kappa shape index (κ2) is 10.7. The molecule has 1 aromatic carbocycles. The molecule has 31 heavy (non-hydrogen) atoms. The van der Waals surface area contributed by atoms with Gasteiger partial charge >= 0.3 is 6.18 Å². The first-order valence-electron chi connectivity index (χ1n) is 9.63. The van der Waals surface area contributed by atoms with Crippen LogP contribution in [0.5, 0.6) is 11.5 Å². The van der Waals surface area contributed by atoms with Gasteiger partial charge in [-0.15, -0.1) is 35.3 Å². The predicted molar refractivity (Wildman–Crippen MR) is 126 cm³/mol. The van der Waals surface area contributed by atoms with Crippen molar-refractivity contribution < 1.29 is 22.6 Å². The summed E-state index contributed by atoms with van der Waals surface area (Å²) < 4.78 is 49.4. The van der Waals surface area contributed by atoms with Gasteiger partial charge in [-0.3, -0.25) is 0 Å². The van der Waals surface area contributed by atoms with Gasteiger partial charge in [0.15, 0.2) is 23.2 Å². The van der Waals surface area contributed by atoms with Gasteiger partial charge in [-0.2, -0.15) is 13.2 Å². The summed E-state index contributed by atoms with van der Waals surface area (Å²) in [5.74, 6) is 1.99. The molecule has 0 aliphatic carbocycles. The van der Waals surface area contributed by atoms with Gasteiger partial charge in [0.1, 0.15) is 18.2 Å². The molecule has 1 aliphatic heterocycles. The molecular weight excluding hydrogens is 544 g/mol. The van der Waals surface area contributed by atoms with E-state index in [-0.39, 0.29) is 35.9 Å². The second-order valence-electron chi connectivity index (χ2n) is 7.42. The number of benzene rings is 1. The lowest BCUT2D eigenvalue weighted by Crippen LogP contribution is -2.43. The minimum Gasteiger partial charge on any atom is -0.486 e. The number of alkyl halides is 3. The second-order valence-corrected chi connectivity index (χ2v) is 8.36. The van der Waals surface area contributed by atoms with Gasteiger partial charge in [0.2, 0.25) is 0 Å². The molecule has 2 aromatic rings. The largest absolute Gasteiger partial charge is 0.486 e. The highest BCUT2D eigenvalue weighted by atomic mass is 127. The number of guanidine groups is 1. The summed E-state index contributed by atoms with van der Waals surface area (Å²) in [4.78, 5) is 7.99. The summed E-state index contributed by atoms with van der Waals surface area (Å²) in [5.41, 5.74) is -0.0586. The van der Waals surface area contributed by atoms with E-state index in [1.54, 1.807) is 0 Å². The van der Waals surface area contributed by atoms with Crippen LogP contribution in [0.3, 0.4) is 0 Å². The van der Waals surface area contributed by atoms with Gasteiger partial charge in [0.25, 0.3) is 0 Å². The number of aromatic nitrogens is 1. The van der Waals surface area contributed by atoms with Crippen LogP contribution < -0.4 is 20.1 Å². The highest BCUT2D eigenvalue weighted by Crippen LogP contribution is 2.35. The summed E-state index contributed by atoms with van der Waals surface area (Å²) >= 11 is 0.951. The summed E-state index contributed by atoms with van der Waals surface area (Å²) in [6, 6.07) is 5.90. The number of ether oxygens (including phenoxy) is 2. The van der Waals surface area contributed by atoms with Crippen molar-refractivity contribution in [3.8, 4) is 11.5 Å². The molecule has 0 fully saturated rings. The molecule has 1 aliphatic rings. The van der Waals surface area contributed by atoms with Crippen molar-refractivity contribution in [3.05, 3.63) is 39.8 Å². The zero-order valence-corrected chi connectivity index (χ0v) is 20.7. The fourth-order valence-corrected chi connectivity index (χ4v) is 3.60. The zero-order chi connectivity index (χ0) is 21.8. The molecular formula is C20H26F3IN4O2S. The molecule has 2 N–H and O–H groups in total. The van der Waals surface area contributed by atoms with E-state index in [1.807, 2.05) is 25.1 Å². The molecule has 6 nitrogen and oxygen atoms in total. The van der Waals surface area contributed by atoms with E-state index >= 15 is 0 Å². The number of nitrogens with zero attached hydrogens (tertiary/aromatic N) is 2. The third-order valence-corrected chi connectivity index (χ3v) is 5.41. The van der Waals surface area contributed by atoms with Gasteiger partial charge in [-0.05, 0) is 24.6 Å².